The molecule has 1 N–H and O–H groups in total. The third-order valence-electron chi connectivity index (χ3n) is 4.29. The lowest BCUT2D eigenvalue weighted by atomic mass is 9.92. The number of piperidine rings is 1. The van der Waals surface area contributed by atoms with Crippen LogP contribution >= 0.6 is 11.3 Å². The van der Waals surface area contributed by atoms with E-state index < -0.39 is 0 Å². The number of rotatable bonds is 6. The minimum absolute atomic E-state index is 0.674. The van der Waals surface area contributed by atoms with E-state index >= 15 is 0 Å². The van der Waals surface area contributed by atoms with E-state index in [9.17, 15) is 0 Å². The SMILES string of the molecule is CCCNC1CCN(C(C)Cc2cccs2)CC1C. The minimum atomic E-state index is 0.674. The van der Waals surface area contributed by atoms with Crippen molar-refractivity contribution in [1.82, 2.24) is 10.2 Å². The summed E-state index contributed by atoms with van der Waals surface area (Å²) in [5, 5.41) is 5.89. The zero-order chi connectivity index (χ0) is 13.7. The summed E-state index contributed by atoms with van der Waals surface area (Å²) in [6.45, 7) is 10.7. The molecule has 1 aliphatic heterocycles. The van der Waals surface area contributed by atoms with Gasteiger partial charge in [0.2, 0.25) is 0 Å². The molecule has 0 spiro atoms. The van der Waals surface area contributed by atoms with Crippen LogP contribution in [0.25, 0.3) is 0 Å². The van der Waals surface area contributed by atoms with Crippen molar-refractivity contribution in [1.29, 1.82) is 0 Å². The Bertz CT molecular complexity index is 350. The molecule has 0 amide bonds. The van der Waals surface area contributed by atoms with Crippen molar-refractivity contribution in [2.75, 3.05) is 19.6 Å². The van der Waals surface area contributed by atoms with E-state index in [4.69, 9.17) is 0 Å². The Morgan fingerprint density at radius 2 is 2.37 bits per heavy atom. The summed E-state index contributed by atoms with van der Waals surface area (Å²) in [6, 6.07) is 5.83. The van der Waals surface area contributed by atoms with Crippen LogP contribution in [0.1, 0.15) is 38.5 Å². The molecule has 2 rings (SSSR count). The van der Waals surface area contributed by atoms with Gasteiger partial charge in [0.25, 0.3) is 0 Å². The molecule has 0 bridgehead atoms. The molecular weight excluding hydrogens is 252 g/mol. The standard InChI is InChI=1S/C16H28N2S/c1-4-8-17-16-7-9-18(12-13(16)2)14(3)11-15-6-5-10-19-15/h5-6,10,13-14,16-17H,4,7-9,11-12H2,1-3H3. The largest absolute Gasteiger partial charge is 0.314 e. The summed E-state index contributed by atoms with van der Waals surface area (Å²) in [7, 11) is 0. The lowest BCUT2D eigenvalue weighted by Gasteiger charge is -2.40. The number of hydrogen-bond donors (Lipinski definition) is 1. The molecule has 3 atom stereocenters. The van der Waals surface area contributed by atoms with Gasteiger partial charge in [0.1, 0.15) is 0 Å². The van der Waals surface area contributed by atoms with Crippen molar-refractivity contribution in [3.8, 4) is 0 Å². The summed E-state index contributed by atoms with van der Waals surface area (Å²) >= 11 is 1.89. The minimum Gasteiger partial charge on any atom is -0.314 e. The Hall–Kier alpha value is -0.380. The predicted octanol–water partition coefficient (Wildman–Crippen LogP) is 3.39. The first-order valence-corrected chi connectivity index (χ1v) is 8.58. The normalized spacial score (nSPS) is 26.5. The summed E-state index contributed by atoms with van der Waals surface area (Å²) < 4.78 is 0. The first-order chi connectivity index (χ1) is 9.20. The maximum Gasteiger partial charge on any atom is 0.0117 e. The van der Waals surface area contributed by atoms with E-state index in [1.807, 2.05) is 11.3 Å². The van der Waals surface area contributed by atoms with Gasteiger partial charge in [0, 0.05) is 23.5 Å². The van der Waals surface area contributed by atoms with Crippen molar-refractivity contribution in [2.24, 2.45) is 5.92 Å². The second-order valence-electron chi connectivity index (χ2n) is 5.95. The van der Waals surface area contributed by atoms with Gasteiger partial charge in [-0.1, -0.05) is 19.9 Å². The van der Waals surface area contributed by atoms with Gasteiger partial charge in [-0.3, -0.25) is 4.90 Å². The molecule has 1 aromatic heterocycles. The van der Waals surface area contributed by atoms with Crippen LogP contribution in [0.3, 0.4) is 0 Å². The van der Waals surface area contributed by atoms with E-state index in [0.29, 0.717) is 6.04 Å². The Morgan fingerprint density at radius 3 is 3.00 bits per heavy atom. The van der Waals surface area contributed by atoms with Crippen LogP contribution in [0.15, 0.2) is 17.5 Å². The highest BCUT2D eigenvalue weighted by Crippen LogP contribution is 2.21. The fourth-order valence-corrected chi connectivity index (χ4v) is 3.89. The van der Waals surface area contributed by atoms with E-state index in [2.05, 4.69) is 48.5 Å². The van der Waals surface area contributed by atoms with Crippen molar-refractivity contribution in [2.45, 2.75) is 52.1 Å². The zero-order valence-corrected chi connectivity index (χ0v) is 13.4. The van der Waals surface area contributed by atoms with E-state index in [1.165, 1.54) is 43.8 Å². The van der Waals surface area contributed by atoms with Crippen molar-refractivity contribution in [3.05, 3.63) is 22.4 Å². The van der Waals surface area contributed by atoms with Crippen molar-refractivity contribution >= 4 is 11.3 Å². The molecule has 2 nitrogen and oxygen atoms in total. The van der Waals surface area contributed by atoms with Gasteiger partial charge in [0.15, 0.2) is 0 Å². The number of nitrogens with zero attached hydrogens (tertiary/aromatic N) is 1. The van der Waals surface area contributed by atoms with Crippen LogP contribution < -0.4 is 5.32 Å². The molecule has 0 saturated carbocycles. The van der Waals surface area contributed by atoms with Gasteiger partial charge in [-0.2, -0.15) is 0 Å². The molecule has 1 fully saturated rings. The zero-order valence-electron chi connectivity index (χ0n) is 12.6. The van der Waals surface area contributed by atoms with Gasteiger partial charge in [-0.15, -0.1) is 11.3 Å². The number of likely N-dealkylation sites (tertiary alicyclic amines) is 1. The molecule has 108 valence electrons. The van der Waals surface area contributed by atoms with Crippen molar-refractivity contribution in [3.63, 3.8) is 0 Å². The highest BCUT2D eigenvalue weighted by Gasteiger charge is 2.27. The molecule has 0 aliphatic carbocycles. The maximum atomic E-state index is 3.70. The molecule has 0 aromatic carbocycles. The molecule has 3 unspecified atom stereocenters. The Kier molecular flexibility index (Phi) is 5.86. The topological polar surface area (TPSA) is 15.3 Å². The number of thiophene rings is 1. The van der Waals surface area contributed by atoms with Crippen LogP contribution in [0.2, 0.25) is 0 Å². The monoisotopic (exact) mass is 280 g/mol. The van der Waals surface area contributed by atoms with Crippen LogP contribution in [0.5, 0.6) is 0 Å². The Balaban J connectivity index is 1.80. The summed E-state index contributed by atoms with van der Waals surface area (Å²) in [5.41, 5.74) is 0. The van der Waals surface area contributed by atoms with Crippen LogP contribution in [-0.2, 0) is 6.42 Å². The van der Waals surface area contributed by atoms with Gasteiger partial charge in [-0.05, 0) is 56.6 Å². The van der Waals surface area contributed by atoms with Crippen LogP contribution in [-0.4, -0.2) is 36.6 Å². The highest BCUT2D eigenvalue weighted by molar-refractivity contribution is 7.09. The first-order valence-electron chi connectivity index (χ1n) is 7.70. The summed E-state index contributed by atoms with van der Waals surface area (Å²) in [5.74, 6) is 0.770. The average molecular weight is 280 g/mol. The third-order valence-corrected chi connectivity index (χ3v) is 5.19. The van der Waals surface area contributed by atoms with Gasteiger partial charge in [0.05, 0.1) is 0 Å². The second kappa shape index (κ2) is 7.41. The molecule has 0 radical (unpaired) electrons. The number of hydrogen-bond acceptors (Lipinski definition) is 3. The summed E-state index contributed by atoms with van der Waals surface area (Å²) in [4.78, 5) is 4.19. The predicted molar refractivity (Wildman–Crippen MR) is 84.9 cm³/mol. The smallest absolute Gasteiger partial charge is 0.0117 e. The molecule has 19 heavy (non-hydrogen) atoms. The van der Waals surface area contributed by atoms with Crippen molar-refractivity contribution < 1.29 is 0 Å². The summed E-state index contributed by atoms with van der Waals surface area (Å²) in [6.07, 6.45) is 3.75. The van der Waals surface area contributed by atoms with Crippen LogP contribution in [0, 0.1) is 5.92 Å². The van der Waals surface area contributed by atoms with E-state index in [1.54, 1.807) is 0 Å². The first kappa shape index (κ1) is 15.0. The second-order valence-corrected chi connectivity index (χ2v) is 6.99. The average Bonchev–Trinajstić information content (AvgIpc) is 2.90. The van der Waals surface area contributed by atoms with Crippen LogP contribution in [0.4, 0.5) is 0 Å². The Morgan fingerprint density at radius 1 is 1.53 bits per heavy atom. The lowest BCUT2D eigenvalue weighted by molar-refractivity contribution is 0.111. The molecule has 2 heterocycles. The molecular formula is C16H28N2S. The number of nitrogens with one attached hydrogen (secondary N) is 1. The highest BCUT2D eigenvalue weighted by atomic mass is 32.1. The maximum absolute atomic E-state index is 3.70. The lowest BCUT2D eigenvalue weighted by Crippen LogP contribution is -2.51. The van der Waals surface area contributed by atoms with E-state index in [0.717, 1.165) is 12.0 Å². The molecule has 1 saturated heterocycles. The fraction of sp³-hybridized carbons (Fsp3) is 0.750. The van der Waals surface area contributed by atoms with E-state index in [-0.39, 0.29) is 0 Å². The molecule has 1 aliphatic rings. The quantitative estimate of drug-likeness (QED) is 0.859. The van der Waals surface area contributed by atoms with Gasteiger partial charge >= 0.3 is 0 Å². The molecule has 1 aromatic rings. The fourth-order valence-electron chi connectivity index (χ4n) is 3.06. The van der Waals surface area contributed by atoms with Gasteiger partial charge in [-0.25, -0.2) is 0 Å². The van der Waals surface area contributed by atoms with Gasteiger partial charge < -0.3 is 5.32 Å². The third kappa shape index (κ3) is 4.30. The Labute approximate surface area is 122 Å². The molecule has 3 heteroatoms.